The standard InChI is InChI=1S/C26H21NO3/c28-20-13-11-19(12-14-20)27-25(29)23-21(17-7-3-1-4-8-17)15-16-22(24(23)26(27)30)18-9-5-2-6-10-18/h1-16,21-24,28H/t21-,22-,23+,24+/m0/s1. The normalized spacial score (nSPS) is 25.4. The summed E-state index contributed by atoms with van der Waals surface area (Å²) in [7, 11) is 0. The SMILES string of the molecule is O=C1[C@H]2[C@H](C(=O)N1c1ccc(O)cc1)[C@H](c1ccccc1)C=C[C@H]2c1ccccc1. The van der Waals surface area contributed by atoms with Crippen LogP contribution >= 0.6 is 0 Å². The molecule has 0 aromatic heterocycles. The Labute approximate surface area is 175 Å². The van der Waals surface area contributed by atoms with Gasteiger partial charge in [0.05, 0.1) is 17.5 Å². The van der Waals surface area contributed by atoms with E-state index >= 15 is 0 Å². The van der Waals surface area contributed by atoms with Gasteiger partial charge in [0.1, 0.15) is 5.75 Å². The number of phenols is 1. The van der Waals surface area contributed by atoms with Crippen molar-refractivity contribution in [3.63, 3.8) is 0 Å². The Bertz CT molecular complexity index is 1040. The van der Waals surface area contributed by atoms with E-state index in [1.54, 1.807) is 12.1 Å². The van der Waals surface area contributed by atoms with Crippen LogP contribution in [0.3, 0.4) is 0 Å². The summed E-state index contributed by atoms with van der Waals surface area (Å²) in [4.78, 5) is 28.5. The van der Waals surface area contributed by atoms with E-state index in [4.69, 9.17) is 0 Å². The zero-order valence-corrected chi connectivity index (χ0v) is 16.3. The van der Waals surface area contributed by atoms with Gasteiger partial charge in [-0.3, -0.25) is 9.59 Å². The maximum Gasteiger partial charge on any atom is 0.238 e. The molecule has 3 aromatic carbocycles. The second-order valence-electron chi connectivity index (χ2n) is 7.84. The summed E-state index contributed by atoms with van der Waals surface area (Å²) in [6, 6.07) is 26.0. The summed E-state index contributed by atoms with van der Waals surface area (Å²) < 4.78 is 0. The predicted molar refractivity (Wildman–Crippen MR) is 115 cm³/mol. The molecule has 1 fully saturated rings. The third-order valence-electron chi connectivity index (χ3n) is 6.17. The van der Waals surface area contributed by atoms with Crippen molar-refractivity contribution in [1.82, 2.24) is 0 Å². The fraction of sp³-hybridized carbons (Fsp3) is 0.154. The molecule has 1 aliphatic heterocycles. The Morgan fingerprint density at radius 3 is 1.47 bits per heavy atom. The van der Waals surface area contributed by atoms with Crippen LogP contribution < -0.4 is 4.90 Å². The van der Waals surface area contributed by atoms with Gasteiger partial charge in [0.2, 0.25) is 11.8 Å². The number of amides is 2. The largest absolute Gasteiger partial charge is 0.508 e. The molecule has 1 saturated heterocycles. The molecule has 4 nitrogen and oxygen atoms in total. The summed E-state index contributed by atoms with van der Waals surface area (Å²) in [5.74, 6) is -1.52. The molecule has 0 bridgehead atoms. The highest BCUT2D eigenvalue weighted by Crippen LogP contribution is 2.50. The predicted octanol–water partition coefficient (Wildman–Crippen LogP) is 4.64. The number of benzene rings is 3. The first-order valence-electron chi connectivity index (χ1n) is 10.1. The molecular formula is C26H21NO3. The van der Waals surface area contributed by atoms with Crippen molar-refractivity contribution in [3.8, 4) is 5.75 Å². The average molecular weight is 395 g/mol. The van der Waals surface area contributed by atoms with E-state index < -0.39 is 11.8 Å². The molecule has 0 unspecified atom stereocenters. The van der Waals surface area contributed by atoms with Crippen molar-refractivity contribution in [1.29, 1.82) is 0 Å². The molecule has 148 valence electrons. The summed E-state index contributed by atoms with van der Waals surface area (Å²) in [5.41, 5.74) is 2.56. The van der Waals surface area contributed by atoms with E-state index in [0.29, 0.717) is 5.69 Å². The molecular weight excluding hydrogens is 374 g/mol. The van der Waals surface area contributed by atoms with Gasteiger partial charge in [-0.05, 0) is 35.4 Å². The lowest BCUT2D eigenvalue weighted by atomic mass is 9.68. The molecule has 4 heteroatoms. The van der Waals surface area contributed by atoms with E-state index in [1.165, 1.54) is 17.0 Å². The van der Waals surface area contributed by atoms with Crippen molar-refractivity contribution in [2.45, 2.75) is 11.8 Å². The van der Waals surface area contributed by atoms with Crippen LogP contribution in [0.5, 0.6) is 5.75 Å². The van der Waals surface area contributed by atoms with Crippen LogP contribution in [-0.2, 0) is 9.59 Å². The first-order valence-corrected chi connectivity index (χ1v) is 10.1. The van der Waals surface area contributed by atoms with Gasteiger partial charge < -0.3 is 5.11 Å². The van der Waals surface area contributed by atoms with Crippen LogP contribution in [0.2, 0.25) is 0 Å². The molecule has 0 spiro atoms. The van der Waals surface area contributed by atoms with Crippen molar-refractivity contribution in [3.05, 3.63) is 108 Å². The number of hydrogen-bond acceptors (Lipinski definition) is 3. The number of nitrogens with zero attached hydrogens (tertiary/aromatic N) is 1. The van der Waals surface area contributed by atoms with Crippen molar-refractivity contribution in [2.24, 2.45) is 11.8 Å². The second kappa shape index (κ2) is 7.30. The number of anilines is 1. The van der Waals surface area contributed by atoms with Gasteiger partial charge in [-0.1, -0.05) is 72.8 Å². The molecule has 0 saturated carbocycles. The topological polar surface area (TPSA) is 57.6 Å². The fourth-order valence-corrected chi connectivity index (χ4v) is 4.79. The van der Waals surface area contributed by atoms with Crippen molar-refractivity contribution >= 4 is 17.5 Å². The minimum Gasteiger partial charge on any atom is -0.508 e. The van der Waals surface area contributed by atoms with Crippen LogP contribution in [0.25, 0.3) is 0 Å². The third kappa shape index (κ3) is 2.92. The number of hydrogen-bond donors (Lipinski definition) is 1. The van der Waals surface area contributed by atoms with Gasteiger partial charge in [-0.25, -0.2) is 4.90 Å². The molecule has 2 amide bonds. The molecule has 3 aromatic rings. The fourth-order valence-electron chi connectivity index (χ4n) is 4.79. The molecule has 4 atom stereocenters. The van der Waals surface area contributed by atoms with Gasteiger partial charge in [0.15, 0.2) is 0 Å². The number of carbonyl (C=O) groups excluding carboxylic acids is 2. The summed E-state index contributed by atoms with van der Waals surface area (Å²) in [5, 5.41) is 9.62. The number of fused-ring (bicyclic) bond motifs is 1. The highest BCUT2D eigenvalue weighted by molar-refractivity contribution is 6.23. The van der Waals surface area contributed by atoms with Crippen molar-refractivity contribution in [2.75, 3.05) is 4.90 Å². The van der Waals surface area contributed by atoms with Gasteiger partial charge in [-0.15, -0.1) is 0 Å². The van der Waals surface area contributed by atoms with E-state index in [1.807, 2.05) is 60.7 Å². The second-order valence-corrected chi connectivity index (χ2v) is 7.84. The third-order valence-corrected chi connectivity index (χ3v) is 6.17. The Hall–Kier alpha value is -3.66. The quantitative estimate of drug-likeness (QED) is 0.519. The monoisotopic (exact) mass is 395 g/mol. The maximum atomic E-state index is 13.6. The van der Waals surface area contributed by atoms with Gasteiger partial charge in [0.25, 0.3) is 0 Å². The lowest BCUT2D eigenvalue weighted by Gasteiger charge is -2.32. The van der Waals surface area contributed by atoms with Gasteiger partial charge in [-0.2, -0.15) is 0 Å². The van der Waals surface area contributed by atoms with E-state index in [2.05, 4.69) is 12.2 Å². The zero-order chi connectivity index (χ0) is 20.7. The molecule has 0 radical (unpaired) electrons. The van der Waals surface area contributed by atoms with Gasteiger partial charge in [0, 0.05) is 11.8 Å². The number of carbonyl (C=O) groups is 2. The van der Waals surface area contributed by atoms with Crippen LogP contribution in [0.1, 0.15) is 23.0 Å². The van der Waals surface area contributed by atoms with Crippen LogP contribution in [0.15, 0.2) is 97.1 Å². The number of aromatic hydroxyl groups is 1. The Balaban J connectivity index is 1.63. The number of rotatable bonds is 3. The Morgan fingerprint density at radius 1 is 0.600 bits per heavy atom. The van der Waals surface area contributed by atoms with Crippen LogP contribution in [0.4, 0.5) is 5.69 Å². The minimum absolute atomic E-state index is 0.0984. The van der Waals surface area contributed by atoms with Crippen LogP contribution in [0, 0.1) is 11.8 Å². The van der Waals surface area contributed by atoms with E-state index in [9.17, 15) is 14.7 Å². The van der Waals surface area contributed by atoms with Gasteiger partial charge >= 0.3 is 0 Å². The number of imide groups is 1. The summed E-state index contributed by atoms with van der Waals surface area (Å²) in [6.45, 7) is 0. The van der Waals surface area contributed by atoms with Crippen molar-refractivity contribution < 1.29 is 14.7 Å². The first-order chi connectivity index (χ1) is 14.6. The Kier molecular flexibility index (Phi) is 4.47. The lowest BCUT2D eigenvalue weighted by molar-refractivity contribution is -0.122. The first kappa shape index (κ1) is 18.4. The number of allylic oxidation sites excluding steroid dienone is 2. The minimum atomic E-state index is -0.469. The molecule has 5 rings (SSSR count). The maximum absolute atomic E-state index is 13.6. The highest BCUT2D eigenvalue weighted by atomic mass is 16.3. The zero-order valence-electron chi connectivity index (χ0n) is 16.3. The molecule has 30 heavy (non-hydrogen) atoms. The number of phenolic OH excluding ortho intramolecular Hbond substituents is 1. The summed E-state index contributed by atoms with van der Waals surface area (Å²) in [6.07, 6.45) is 4.17. The molecule has 2 aliphatic rings. The summed E-state index contributed by atoms with van der Waals surface area (Å²) >= 11 is 0. The highest BCUT2D eigenvalue weighted by Gasteiger charge is 2.55. The molecule has 1 heterocycles. The van der Waals surface area contributed by atoms with Crippen LogP contribution in [-0.4, -0.2) is 16.9 Å². The molecule has 1 N–H and O–H groups in total. The Morgan fingerprint density at radius 2 is 1.03 bits per heavy atom. The lowest BCUT2D eigenvalue weighted by Crippen LogP contribution is -2.31. The molecule has 1 aliphatic carbocycles. The van der Waals surface area contributed by atoms with E-state index in [0.717, 1.165) is 11.1 Å². The average Bonchev–Trinajstić information content (AvgIpc) is 3.06. The van der Waals surface area contributed by atoms with E-state index in [-0.39, 0.29) is 29.4 Å². The smallest absolute Gasteiger partial charge is 0.238 e.